The zero-order valence-corrected chi connectivity index (χ0v) is 9.39. The highest BCUT2D eigenvalue weighted by molar-refractivity contribution is 6.30. The summed E-state index contributed by atoms with van der Waals surface area (Å²) in [7, 11) is 0. The van der Waals surface area contributed by atoms with Crippen LogP contribution in [0.3, 0.4) is 0 Å². The molecule has 0 radical (unpaired) electrons. The number of nitrogens with one attached hydrogen (secondary N) is 1. The predicted molar refractivity (Wildman–Crippen MR) is 59.4 cm³/mol. The third kappa shape index (κ3) is 4.60. The van der Waals surface area contributed by atoms with Crippen LogP contribution in [-0.4, -0.2) is 17.8 Å². The summed E-state index contributed by atoms with van der Waals surface area (Å²) < 4.78 is 12.8. The highest BCUT2D eigenvalue weighted by Crippen LogP contribution is 2.15. The lowest BCUT2D eigenvalue weighted by Gasteiger charge is -2.07. The Labute approximate surface area is 94.1 Å². The highest BCUT2D eigenvalue weighted by Gasteiger charge is 2.00. The second kappa shape index (κ2) is 6.05. The molecule has 1 aromatic rings. The fourth-order valence-electron chi connectivity index (χ4n) is 1.19. The topological polar surface area (TPSA) is 32.3 Å². The van der Waals surface area contributed by atoms with E-state index in [1.165, 1.54) is 6.07 Å². The summed E-state index contributed by atoms with van der Waals surface area (Å²) in [6, 6.07) is 4.65. The Morgan fingerprint density at radius 1 is 1.53 bits per heavy atom. The molecule has 0 bridgehead atoms. The highest BCUT2D eigenvalue weighted by atomic mass is 35.5. The number of hydrogen-bond acceptors (Lipinski definition) is 2. The number of rotatable bonds is 5. The molecule has 2 N–H and O–H groups in total. The Kier molecular flexibility index (Phi) is 5.02. The molecule has 1 atom stereocenters. The molecule has 0 amide bonds. The fourth-order valence-corrected chi connectivity index (χ4v) is 1.40. The minimum absolute atomic E-state index is 0.143. The van der Waals surface area contributed by atoms with Gasteiger partial charge in [-0.2, -0.15) is 0 Å². The monoisotopic (exact) mass is 231 g/mol. The van der Waals surface area contributed by atoms with Crippen molar-refractivity contribution in [3.05, 3.63) is 34.6 Å². The zero-order valence-electron chi connectivity index (χ0n) is 8.63. The Morgan fingerprint density at radius 3 is 2.87 bits per heavy atom. The maximum atomic E-state index is 12.8. The van der Waals surface area contributed by atoms with Crippen LogP contribution in [0.2, 0.25) is 5.02 Å². The maximum Gasteiger partial charge on any atom is 0.141 e. The molecule has 0 fully saturated rings. The quantitative estimate of drug-likeness (QED) is 0.763. The zero-order chi connectivity index (χ0) is 11.3. The first-order valence-corrected chi connectivity index (χ1v) is 5.30. The molecule has 1 aromatic carbocycles. The molecule has 2 nitrogen and oxygen atoms in total. The van der Waals surface area contributed by atoms with E-state index in [4.69, 9.17) is 16.7 Å². The van der Waals surface area contributed by atoms with E-state index in [2.05, 4.69) is 5.32 Å². The SMILES string of the molecule is CC(O)CCNCc1ccc(F)c(Cl)c1. The molecule has 1 rings (SSSR count). The van der Waals surface area contributed by atoms with Gasteiger partial charge in [-0.3, -0.25) is 0 Å². The van der Waals surface area contributed by atoms with Gasteiger partial charge in [-0.1, -0.05) is 17.7 Å². The molecule has 0 saturated heterocycles. The number of hydrogen-bond donors (Lipinski definition) is 2. The first-order valence-electron chi connectivity index (χ1n) is 4.92. The van der Waals surface area contributed by atoms with E-state index in [1.807, 2.05) is 0 Å². The van der Waals surface area contributed by atoms with Crippen LogP contribution in [0.5, 0.6) is 0 Å². The van der Waals surface area contributed by atoms with Crippen molar-refractivity contribution in [3.63, 3.8) is 0 Å². The van der Waals surface area contributed by atoms with Gasteiger partial charge in [0.2, 0.25) is 0 Å². The van der Waals surface area contributed by atoms with Crippen molar-refractivity contribution in [2.75, 3.05) is 6.54 Å². The molecule has 15 heavy (non-hydrogen) atoms. The minimum Gasteiger partial charge on any atom is -0.393 e. The van der Waals surface area contributed by atoms with Crippen LogP contribution < -0.4 is 5.32 Å². The molecule has 0 spiro atoms. The standard InChI is InChI=1S/C11H15ClFNO/c1-8(15)4-5-14-7-9-2-3-11(13)10(12)6-9/h2-3,6,8,14-15H,4-5,7H2,1H3. The second-order valence-electron chi connectivity index (χ2n) is 3.56. The van der Waals surface area contributed by atoms with Crippen LogP contribution in [0.15, 0.2) is 18.2 Å². The van der Waals surface area contributed by atoms with Crippen molar-refractivity contribution in [1.82, 2.24) is 5.32 Å². The van der Waals surface area contributed by atoms with Gasteiger partial charge in [0.25, 0.3) is 0 Å². The molecule has 0 aromatic heterocycles. The van der Waals surface area contributed by atoms with Crippen molar-refractivity contribution in [2.24, 2.45) is 0 Å². The fraction of sp³-hybridized carbons (Fsp3) is 0.455. The van der Waals surface area contributed by atoms with Crippen LogP contribution in [0.25, 0.3) is 0 Å². The molecule has 4 heteroatoms. The average molecular weight is 232 g/mol. The van der Waals surface area contributed by atoms with Gasteiger partial charge in [0.15, 0.2) is 0 Å². The molecule has 84 valence electrons. The molecule has 1 unspecified atom stereocenters. The molecule has 0 aliphatic carbocycles. The number of aliphatic hydroxyl groups excluding tert-OH is 1. The van der Waals surface area contributed by atoms with Crippen molar-refractivity contribution in [1.29, 1.82) is 0 Å². The van der Waals surface area contributed by atoms with Gasteiger partial charge in [0.1, 0.15) is 5.82 Å². The lowest BCUT2D eigenvalue weighted by Crippen LogP contribution is -2.18. The van der Waals surface area contributed by atoms with Gasteiger partial charge in [-0.15, -0.1) is 0 Å². The van der Waals surface area contributed by atoms with Crippen molar-refractivity contribution in [3.8, 4) is 0 Å². The van der Waals surface area contributed by atoms with Gasteiger partial charge in [-0.05, 0) is 37.6 Å². The largest absolute Gasteiger partial charge is 0.393 e. The molecular formula is C11H15ClFNO. The van der Waals surface area contributed by atoms with Gasteiger partial charge in [0.05, 0.1) is 11.1 Å². The number of halogens is 2. The van der Waals surface area contributed by atoms with E-state index in [9.17, 15) is 4.39 Å². The second-order valence-corrected chi connectivity index (χ2v) is 3.97. The van der Waals surface area contributed by atoms with Crippen LogP contribution in [0, 0.1) is 5.82 Å². The lowest BCUT2D eigenvalue weighted by molar-refractivity contribution is 0.183. The smallest absolute Gasteiger partial charge is 0.141 e. The van der Waals surface area contributed by atoms with Gasteiger partial charge in [0, 0.05) is 6.54 Å². The summed E-state index contributed by atoms with van der Waals surface area (Å²) in [5.74, 6) is -0.399. The Morgan fingerprint density at radius 2 is 2.27 bits per heavy atom. The van der Waals surface area contributed by atoms with Gasteiger partial charge < -0.3 is 10.4 Å². The van der Waals surface area contributed by atoms with Gasteiger partial charge in [-0.25, -0.2) is 4.39 Å². The Hall–Kier alpha value is -0.640. The third-order valence-electron chi connectivity index (χ3n) is 2.05. The van der Waals surface area contributed by atoms with Crippen LogP contribution in [-0.2, 0) is 6.54 Å². The normalized spacial score (nSPS) is 12.8. The van der Waals surface area contributed by atoms with Crippen LogP contribution in [0.4, 0.5) is 4.39 Å². The molecule has 0 heterocycles. The van der Waals surface area contributed by atoms with E-state index in [-0.39, 0.29) is 11.1 Å². The maximum absolute atomic E-state index is 12.8. The Bertz CT molecular complexity index is 317. The Balaban J connectivity index is 2.35. The minimum atomic E-state index is -0.399. The predicted octanol–water partition coefficient (Wildman–Crippen LogP) is 2.34. The van der Waals surface area contributed by atoms with E-state index >= 15 is 0 Å². The molecule has 0 aliphatic heterocycles. The average Bonchev–Trinajstić information content (AvgIpc) is 2.18. The van der Waals surface area contributed by atoms with Crippen molar-refractivity contribution >= 4 is 11.6 Å². The first-order chi connectivity index (χ1) is 7.09. The summed E-state index contributed by atoms with van der Waals surface area (Å²) in [6.45, 7) is 3.11. The van der Waals surface area contributed by atoms with Crippen LogP contribution >= 0.6 is 11.6 Å². The van der Waals surface area contributed by atoms with E-state index < -0.39 is 5.82 Å². The number of benzene rings is 1. The molecule has 0 aliphatic rings. The van der Waals surface area contributed by atoms with Gasteiger partial charge >= 0.3 is 0 Å². The first kappa shape index (κ1) is 12.4. The lowest BCUT2D eigenvalue weighted by atomic mass is 10.2. The van der Waals surface area contributed by atoms with E-state index in [1.54, 1.807) is 19.1 Å². The summed E-state index contributed by atoms with van der Waals surface area (Å²) in [5.41, 5.74) is 0.937. The number of aliphatic hydroxyl groups is 1. The third-order valence-corrected chi connectivity index (χ3v) is 2.34. The van der Waals surface area contributed by atoms with Crippen molar-refractivity contribution in [2.45, 2.75) is 26.0 Å². The summed E-state index contributed by atoms with van der Waals surface area (Å²) >= 11 is 5.63. The molecule has 0 saturated carbocycles. The summed E-state index contributed by atoms with van der Waals surface area (Å²) in [4.78, 5) is 0. The van der Waals surface area contributed by atoms with Crippen molar-refractivity contribution < 1.29 is 9.50 Å². The van der Waals surface area contributed by atoms with Crippen LogP contribution in [0.1, 0.15) is 18.9 Å². The molecular weight excluding hydrogens is 217 g/mol. The van der Waals surface area contributed by atoms with E-state index in [0.717, 1.165) is 12.1 Å². The summed E-state index contributed by atoms with van der Waals surface area (Å²) in [6.07, 6.45) is 0.406. The van der Waals surface area contributed by atoms with E-state index in [0.29, 0.717) is 13.0 Å². The summed E-state index contributed by atoms with van der Waals surface area (Å²) in [5, 5.41) is 12.3.